The minimum absolute atomic E-state index is 0.449. The van der Waals surface area contributed by atoms with E-state index in [-0.39, 0.29) is 0 Å². The quantitative estimate of drug-likeness (QED) is 0.821. The van der Waals surface area contributed by atoms with Crippen LogP contribution in [0.4, 0.5) is 0 Å². The first-order chi connectivity index (χ1) is 9.24. The molecule has 1 saturated heterocycles. The van der Waals surface area contributed by atoms with Gasteiger partial charge in [-0.3, -0.25) is 0 Å². The average molecular weight is 268 g/mol. The minimum atomic E-state index is 0.449. The molecular formula is C14H24N2O3. The van der Waals surface area contributed by atoms with E-state index in [0.717, 1.165) is 50.7 Å². The number of hydrogen-bond donors (Lipinski definition) is 1. The molecule has 0 spiro atoms. The van der Waals surface area contributed by atoms with Crippen LogP contribution in [0.3, 0.4) is 0 Å². The van der Waals surface area contributed by atoms with Crippen LogP contribution in [0.25, 0.3) is 0 Å². The van der Waals surface area contributed by atoms with Gasteiger partial charge in [0.2, 0.25) is 0 Å². The Labute approximate surface area is 114 Å². The maximum Gasteiger partial charge on any atom is 0.162 e. The molecule has 1 aromatic rings. The SMILES string of the molecule is CC(C)NCc1cc(COCC2CCOCC2)on1. The highest BCUT2D eigenvalue weighted by Crippen LogP contribution is 2.15. The average Bonchev–Trinajstić information content (AvgIpc) is 2.86. The van der Waals surface area contributed by atoms with Gasteiger partial charge in [0.05, 0.1) is 12.3 Å². The van der Waals surface area contributed by atoms with E-state index in [9.17, 15) is 0 Å². The van der Waals surface area contributed by atoms with Gasteiger partial charge < -0.3 is 19.3 Å². The highest BCUT2D eigenvalue weighted by atomic mass is 16.5. The summed E-state index contributed by atoms with van der Waals surface area (Å²) in [7, 11) is 0. The lowest BCUT2D eigenvalue weighted by Gasteiger charge is -2.21. The lowest BCUT2D eigenvalue weighted by atomic mass is 10.0. The predicted molar refractivity (Wildman–Crippen MR) is 71.7 cm³/mol. The van der Waals surface area contributed by atoms with Gasteiger partial charge in [0, 0.05) is 31.9 Å². The number of aromatic nitrogens is 1. The minimum Gasteiger partial charge on any atom is -0.381 e. The Morgan fingerprint density at radius 1 is 1.42 bits per heavy atom. The van der Waals surface area contributed by atoms with Gasteiger partial charge in [-0.25, -0.2) is 0 Å². The second-order valence-electron chi connectivity index (χ2n) is 5.39. The van der Waals surface area contributed by atoms with Crippen molar-refractivity contribution in [2.24, 2.45) is 5.92 Å². The van der Waals surface area contributed by atoms with E-state index >= 15 is 0 Å². The normalized spacial score (nSPS) is 17.2. The smallest absolute Gasteiger partial charge is 0.162 e. The summed E-state index contributed by atoms with van der Waals surface area (Å²) in [5.74, 6) is 1.42. The maximum absolute atomic E-state index is 5.69. The van der Waals surface area contributed by atoms with Crippen molar-refractivity contribution in [3.05, 3.63) is 17.5 Å². The van der Waals surface area contributed by atoms with Crippen molar-refractivity contribution < 1.29 is 14.0 Å². The molecule has 2 rings (SSSR count). The molecule has 5 heteroatoms. The summed E-state index contributed by atoms with van der Waals surface area (Å²) < 4.78 is 16.3. The molecule has 108 valence electrons. The number of rotatable bonds is 7. The van der Waals surface area contributed by atoms with Crippen molar-refractivity contribution >= 4 is 0 Å². The summed E-state index contributed by atoms with van der Waals surface area (Å²) in [6, 6.07) is 2.41. The maximum atomic E-state index is 5.69. The number of nitrogens with zero attached hydrogens (tertiary/aromatic N) is 1. The van der Waals surface area contributed by atoms with Gasteiger partial charge in [0.15, 0.2) is 5.76 Å². The first-order valence-corrected chi connectivity index (χ1v) is 7.07. The largest absolute Gasteiger partial charge is 0.381 e. The Morgan fingerprint density at radius 2 is 2.21 bits per heavy atom. The van der Waals surface area contributed by atoms with E-state index < -0.39 is 0 Å². The van der Waals surface area contributed by atoms with Crippen LogP contribution in [-0.2, 0) is 22.6 Å². The first-order valence-electron chi connectivity index (χ1n) is 7.07. The third kappa shape index (κ3) is 5.30. The number of hydrogen-bond acceptors (Lipinski definition) is 5. The van der Waals surface area contributed by atoms with Crippen LogP contribution >= 0.6 is 0 Å². The Morgan fingerprint density at radius 3 is 2.95 bits per heavy atom. The second kappa shape index (κ2) is 7.62. The van der Waals surface area contributed by atoms with Crippen molar-refractivity contribution in [3.63, 3.8) is 0 Å². The van der Waals surface area contributed by atoms with E-state index in [1.54, 1.807) is 0 Å². The molecular weight excluding hydrogens is 244 g/mol. The van der Waals surface area contributed by atoms with Gasteiger partial charge in [0.1, 0.15) is 6.61 Å². The molecule has 1 N–H and O–H groups in total. The Kier molecular flexibility index (Phi) is 5.82. The molecule has 1 aliphatic rings. The molecule has 1 aromatic heterocycles. The van der Waals surface area contributed by atoms with Gasteiger partial charge in [-0.05, 0) is 18.8 Å². The topological polar surface area (TPSA) is 56.5 Å². The van der Waals surface area contributed by atoms with E-state index in [4.69, 9.17) is 14.0 Å². The van der Waals surface area contributed by atoms with Gasteiger partial charge in [0.25, 0.3) is 0 Å². The number of ether oxygens (including phenoxy) is 2. The molecule has 0 radical (unpaired) electrons. The number of nitrogens with one attached hydrogen (secondary N) is 1. The van der Waals surface area contributed by atoms with Crippen LogP contribution < -0.4 is 5.32 Å². The summed E-state index contributed by atoms with van der Waals surface area (Å²) in [5, 5.41) is 7.32. The molecule has 0 atom stereocenters. The molecule has 0 saturated carbocycles. The van der Waals surface area contributed by atoms with E-state index in [0.29, 0.717) is 18.6 Å². The predicted octanol–water partition coefficient (Wildman–Crippen LogP) is 2.12. The lowest BCUT2D eigenvalue weighted by molar-refractivity contribution is 0.0109. The van der Waals surface area contributed by atoms with Crippen molar-refractivity contribution in [2.75, 3.05) is 19.8 Å². The van der Waals surface area contributed by atoms with Gasteiger partial charge in [-0.2, -0.15) is 0 Å². The molecule has 0 aliphatic carbocycles. The van der Waals surface area contributed by atoms with Crippen molar-refractivity contribution in [1.82, 2.24) is 10.5 Å². The molecule has 0 bridgehead atoms. The fraction of sp³-hybridized carbons (Fsp3) is 0.786. The molecule has 5 nitrogen and oxygen atoms in total. The summed E-state index contributed by atoms with van der Waals surface area (Å²) in [5.41, 5.74) is 0.929. The molecule has 0 amide bonds. The van der Waals surface area contributed by atoms with E-state index in [1.165, 1.54) is 0 Å². The van der Waals surface area contributed by atoms with E-state index in [1.807, 2.05) is 6.07 Å². The lowest BCUT2D eigenvalue weighted by Crippen LogP contribution is -2.21. The first kappa shape index (κ1) is 14.5. The van der Waals surface area contributed by atoms with Crippen LogP contribution in [0.1, 0.15) is 38.1 Å². The summed E-state index contributed by atoms with van der Waals surface area (Å²) in [6.07, 6.45) is 2.19. The third-order valence-electron chi connectivity index (χ3n) is 3.24. The van der Waals surface area contributed by atoms with Crippen LogP contribution in [0.2, 0.25) is 0 Å². The fourth-order valence-corrected chi connectivity index (χ4v) is 2.06. The summed E-state index contributed by atoms with van der Waals surface area (Å²) in [6.45, 7) is 7.97. The van der Waals surface area contributed by atoms with Crippen LogP contribution in [0.5, 0.6) is 0 Å². The fourth-order valence-electron chi connectivity index (χ4n) is 2.06. The van der Waals surface area contributed by atoms with Gasteiger partial charge in [-0.15, -0.1) is 0 Å². The molecule has 2 heterocycles. The van der Waals surface area contributed by atoms with Crippen molar-refractivity contribution in [3.8, 4) is 0 Å². The van der Waals surface area contributed by atoms with Crippen molar-refractivity contribution in [1.29, 1.82) is 0 Å². The van der Waals surface area contributed by atoms with Crippen LogP contribution in [-0.4, -0.2) is 31.0 Å². The zero-order valence-electron chi connectivity index (χ0n) is 11.9. The highest BCUT2D eigenvalue weighted by Gasteiger charge is 2.14. The summed E-state index contributed by atoms with van der Waals surface area (Å²) in [4.78, 5) is 0. The monoisotopic (exact) mass is 268 g/mol. The Bertz CT molecular complexity index is 359. The Hall–Kier alpha value is -0.910. The highest BCUT2D eigenvalue weighted by molar-refractivity contribution is 5.04. The van der Waals surface area contributed by atoms with Gasteiger partial charge in [-0.1, -0.05) is 19.0 Å². The van der Waals surface area contributed by atoms with E-state index in [2.05, 4.69) is 24.3 Å². The summed E-state index contributed by atoms with van der Waals surface area (Å²) >= 11 is 0. The van der Waals surface area contributed by atoms with Crippen LogP contribution in [0.15, 0.2) is 10.6 Å². The standard InChI is InChI=1S/C14H24N2O3/c1-11(2)15-8-13-7-14(19-16-13)10-18-9-12-3-5-17-6-4-12/h7,11-12,15H,3-6,8-10H2,1-2H3. The molecule has 19 heavy (non-hydrogen) atoms. The van der Waals surface area contributed by atoms with Gasteiger partial charge >= 0.3 is 0 Å². The molecule has 1 fully saturated rings. The zero-order chi connectivity index (χ0) is 13.5. The second-order valence-corrected chi connectivity index (χ2v) is 5.39. The molecule has 1 aliphatic heterocycles. The van der Waals surface area contributed by atoms with Crippen molar-refractivity contribution in [2.45, 2.75) is 45.9 Å². The third-order valence-corrected chi connectivity index (χ3v) is 3.24. The zero-order valence-corrected chi connectivity index (χ0v) is 11.9. The molecule has 0 unspecified atom stereocenters. The molecule has 0 aromatic carbocycles. The van der Waals surface area contributed by atoms with Crippen LogP contribution in [0, 0.1) is 5.92 Å². The Balaban J connectivity index is 1.65.